The normalized spacial score (nSPS) is 12.1. The van der Waals surface area contributed by atoms with E-state index in [4.69, 9.17) is 4.74 Å². The van der Waals surface area contributed by atoms with Crippen LogP contribution in [-0.4, -0.2) is 11.6 Å². The first kappa shape index (κ1) is 22.2. The minimum Gasteiger partial charge on any atom is -0.455 e. The number of hydrogen-bond donors (Lipinski definition) is 0. The molecule has 2 nitrogen and oxygen atoms in total. The van der Waals surface area contributed by atoms with E-state index >= 15 is 0 Å². The third kappa shape index (κ3) is 4.82. The molecule has 0 bridgehead atoms. The monoisotopic (exact) mass is 418 g/mol. The van der Waals surface area contributed by atoms with Crippen molar-refractivity contribution in [3.05, 3.63) is 90.0 Å². The highest BCUT2D eigenvalue weighted by Gasteiger charge is 2.37. The first-order valence-electron chi connectivity index (χ1n) is 10.3. The van der Waals surface area contributed by atoms with Crippen LogP contribution < -0.4 is 15.9 Å². The summed E-state index contributed by atoms with van der Waals surface area (Å²) in [5, 5.41) is 3.47. The maximum absolute atomic E-state index is 13.4. The quantitative estimate of drug-likeness (QED) is 0.390. The lowest BCUT2D eigenvalue weighted by atomic mass is 9.79. The van der Waals surface area contributed by atoms with Gasteiger partial charge in [-0.3, -0.25) is 0 Å². The molecule has 0 atom stereocenters. The summed E-state index contributed by atoms with van der Waals surface area (Å²) < 4.78 is 6.06. The summed E-state index contributed by atoms with van der Waals surface area (Å²) in [4.78, 5) is 13.4. The number of ether oxygens (including phenoxy) is 1. The van der Waals surface area contributed by atoms with Gasteiger partial charge in [-0.2, -0.15) is 0 Å². The van der Waals surface area contributed by atoms with Gasteiger partial charge in [0.15, 0.2) is 0 Å². The molecule has 3 aromatic rings. The fourth-order valence-electron chi connectivity index (χ4n) is 3.02. The van der Waals surface area contributed by atoms with Crippen LogP contribution in [0.1, 0.15) is 50.5 Å². The van der Waals surface area contributed by atoms with E-state index in [-0.39, 0.29) is 11.4 Å². The van der Waals surface area contributed by atoms with Crippen molar-refractivity contribution in [2.24, 2.45) is 5.41 Å². The van der Waals surface area contributed by atoms with Crippen LogP contribution in [0.15, 0.2) is 78.9 Å². The van der Waals surface area contributed by atoms with E-state index in [0.717, 1.165) is 10.9 Å². The molecule has 0 saturated heterocycles. The predicted molar refractivity (Wildman–Crippen MR) is 129 cm³/mol. The van der Waals surface area contributed by atoms with Gasteiger partial charge in [0.1, 0.15) is 5.60 Å². The van der Waals surface area contributed by atoms with Crippen molar-refractivity contribution in [3.63, 3.8) is 0 Å². The van der Waals surface area contributed by atoms with Gasteiger partial charge in [-0.1, -0.05) is 99.1 Å². The lowest BCUT2D eigenvalue weighted by Crippen LogP contribution is -2.42. The second kappa shape index (κ2) is 8.74. The highest BCUT2D eigenvalue weighted by molar-refractivity contribution is 7.80. The van der Waals surface area contributed by atoms with Gasteiger partial charge in [-0.15, -0.1) is 0 Å². The van der Waals surface area contributed by atoms with Crippen molar-refractivity contribution in [1.82, 2.24) is 0 Å². The average Bonchev–Trinajstić information content (AvgIpc) is 2.69. The summed E-state index contributed by atoms with van der Waals surface area (Å²) in [7, 11) is -0.886. The maximum atomic E-state index is 13.4. The van der Waals surface area contributed by atoms with Crippen molar-refractivity contribution in [3.8, 4) is 0 Å². The Balaban J connectivity index is 2.14. The van der Waals surface area contributed by atoms with Crippen molar-refractivity contribution in [2.75, 3.05) is 0 Å². The summed E-state index contributed by atoms with van der Waals surface area (Å²) in [5.74, 6) is -0.260. The Morgan fingerprint density at radius 3 is 1.73 bits per heavy atom. The second-order valence-electron chi connectivity index (χ2n) is 9.18. The van der Waals surface area contributed by atoms with Gasteiger partial charge in [-0.05, 0) is 50.7 Å². The second-order valence-corrected chi connectivity index (χ2v) is 11.4. The molecule has 3 rings (SSSR count). The van der Waals surface area contributed by atoms with Gasteiger partial charge in [-0.25, -0.2) is 4.79 Å². The lowest BCUT2D eigenvalue weighted by Gasteiger charge is -2.38. The Morgan fingerprint density at radius 2 is 1.27 bits per heavy atom. The Morgan fingerprint density at radius 1 is 0.767 bits per heavy atom. The van der Waals surface area contributed by atoms with Gasteiger partial charge in [0.05, 0.1) is 5.56 Å². The number of rotatable bonds is 5. The molecule has 3 heteroatoms. The Labute approximate surface area is 182 Å². The van der Waals surface area contributed by atoms with E-state index in [2.05, 4.69) is 82.3 Å². The Kier molecular flexibility index (Phi) is 6.48. The fraction of sp³-hybridized carbons (Fsp3) is 0.296. The summed E-state index contributed by atoms with van der Waals surface area (Å²) in [6.45, 7) is 12.3. The van der Waals surface area contributed by atoms with Crippen LogP contribution in [-0.2, 0) is 4.74 Å². The van der Waals surface area contributed by atoms with Crippen molar-refractivity contribution in [2.45, 2.75) is 47.1 Å². The fourth-order valence-corrected chi connectivity index (χ4v) is 5.55. The number of aryl methyl sites for hydroxylation is 1. The molecule has 0 fully saturated rings. The van der Waals surface area contributed by atoms with E-state index in [1.54, 1.807) is 0 Å². The smallest absolute Gasteiger partial charge is 0.339 e. The van der Waals surface area contributed by atoms with Gasteiger partial charge in [0.25, 0.3) is 0 Å². The number of esters is 1. The zero-order valence-electron chi connectivity index (χ0n) is 18.8. The lowest BCUT2D eigenvalue weighted by molar-refractivity contribution is -0.0550. The first-order valence-corrected chi connectivity index (χ1v) is 11.7. The Bertz CT molecular complexity index is 963. The largest absolute Gasteiger partial charge is 0.455 e. The van der Waals surface area contributed by atoms with Gasteiger partial charge in [0.2, 0.25) is 0 Å². The topological polar surface area (TPSA) is 26.3 Å². The summed E-state index contributed by atoms with van der Waals surface area (Å²) in [6.07, 6.45) is 0. The first-order chi connectivity index (χ1) is 14.1. The van der Waals surface area contributed by atoms with Crippen molar-refractivity contribution < 1.29 is 9.53 Å². The molecule has 0 aliphatic heterocycles. The van der Waals surface area contributed by atoms with Gasteiger partial charge in [0, 0.05) is 5.41 Å². The molecule has 0 spiro atoms. The van der Waals surface area contributed by atoms with E-state index in [1.165, 1.54) is 10.6 Å². The SMILES string of the molecule is Cc1ccc(C(=O)OC(C)(C)C(C)(C)C)c(P(c2ccccc2)c2ccccc2)c1. The summed E-state index contributed by atoms with van der Waals surface area (Å²) in [6, 6.07) is 26.9. The molecule has 0 unspecified atom stereocenters. The van der Waals surface area contributed by atoms with Crippen LogP contribution >= 0.6 is 7.92 Å². The highest BCUT2D eigenvalue weighted by Crippen LogP contribution is 2.37. The van der Waals surface area contributed by atoms with Crippen LogP contribution in [0.2, 0.25) is 0 Å². The number of carbonyl (C=O) groups excluding carboxylic acids is 1. The molecular formula is C27H31O2P. The molecule has 0 aliphatic rings. The van der Waals surface area contributed by atoms with E-state index in [1.807, 2.05) is 38.1 Å². The third-order valence-electron chi connectivity index (χ3n) is 5.80. The zero-order chi connectivity index (χ0) is 21.9. The summed E-state index contributed by atoms with van der Waals surface area (Å²) >= 11 is 0. The molecule has 0 saturated carbocycles. The van der Waals surface area contributed by atoms with Crippen molar-refractivity contribution >= 4 is 29.8 Å². The van der Waals surface area contributed by atoms with Crippen LogP contribution in [0.5, 0.6) is 0 Å². The van der Waals surface area contributed by atoms with E-state index in [9.17, 15) is 4.79 Å². The Hall–Kier alpha value is -2.44. The highest BCUT2D eigenvalue weighted by atomic mass is 31.1. The molecule has 0 N–H and O–H groups in total. The minimum absolute atomic E-state index is 0.170. The molecule has 156 valence electrons. The molecule has 0 aromatic heterocycles. The average molecular weight is 419 g/mol. The van der Waals surface area contributed by atoms with E-state index in [0.29, 0.717) is 5.56 Å². The molecule has 0 aliphatic carbocycles. The van der Waals surface area contributed by atoms with E-state index < -0.39 is 13.5 Å². The zero-order valence-corrected chi connectivity index (χ0v) is 19.7. The predicted octanol–water partition coefficient (Wildman–Crippen LogP) is 5.73. The third-order valence-corrected chi connectivity index (χ3v) is 8.28. The van der Waals surface area contributed by atoms with Gasteiger partial charge >= 0.3 is 5.97 Å². The van der Waals surface area contributed by atoms with Crippen molar-refractivity contribution in [1.29, 1.82) is 0 Å². The minimum atomic E-state index is -0.886. The number of hydrogen-bond acceptors (Lipinski definition) is 2. The molecular weight excluding hydrogens is 387 g/mol. The molecule has 0 heterocycles. The van der Waals surface area contributed by atoms with Gasteiger partial charge < -0.3 is 4.74 Å². The standard InChI is InChI=1S/C27H31O2P/c1-20-17-18-23(25(28)29-27(5,6)26(2,3)4)24(19-20)30(21-13-9-7-10-14-21)22-15-11-8-12-16-22/h7-19H,1-6H3. The van der Waals surface area contributed by atoms with Crippen LogP contribution in [0.25, 0.3) is 0 Å². The van der Waals surface area contributed by atoms with Crippen LogP contribution in [0, 0.1) is 12.3 Å². The molecule has 3 aromatic carbocycles. The number of carbonyl (C=O) groups is 1. The molecule has 0 radical (unpaired) electrons. The van der Waals surface area contributed by atoms with Crippen LogP contribution in [0.3, 0.4) is 0 Å². The molecule has 30 heavy (non-hydrogen) atoms. The number of benzene rings is 3. The summed E-state index contributed by atoms with van der Waals surface area (Å²) in [5.41, 5.74) is 1.03. The maximum Gasteiger partial charge on any atom is 0.339 e. The molecule has 0 amide bonds. The van der Waals surface area contributed by atoms with Crippen LogP contribution in [0.4, 0.5) is 0 Å².